The second kappa shape index (κ2) is 7.83. The first-order valence-corrected chi connectivity index (χ1v) is 8.83. The lowest BCUT2D eigenvalue weighted by atomic mass is 10.3. The van der Waals surface area contributed by atoms with Gasteiger partial charge in [0.1, 0.15) is 5.75 Å². The van der Waals surface area contributed by atoms with E-state index in [-0.39, 0.29) is 22.8 Å². The predicted octanol–water partition coefficient (Wildman–Crippen LogP) is 2.27. The first kappa shape index (κ1) is 19.2. The SMILES string of the molecule is COc1cccc(N(CCC(=O)O)S(=O)(=O)c2cccc([N+](=O)[O-])c2)c1. The van der Waals surface area contributed by atoms with Gasteiger partial charge in [0.25, 0.3) is 15.7 Å². The summed E-state index contributed by atoms with van der Waals surface area (Å²) in [5, 5.41) is 19.8. The molecule has 0 unspecified atom stereocenters. The number of rotatable bonds is 8. The normalized spacial score (nSPS) is 11.0. The Balaban J connectivity index is 2.53. The fourth-order valence-corrected chi connectivity index (χ4v) is 3.73. The lowest BCUT2D eigenvalue weighted by molar-refractivity contribution is -0.385. The van der Waals surface area contributed by atoms with Crippen molar-refractivity contribution in [2.45, 2.75) is 11.3 Å². The van der Waals surface area contributed by atoms with Gasteiger partial charge in [0, 0.05) is 24.7 Å². The lowest BCUT2D eigenvalue weighted by Crippen LogP contribution is -2.33. The van der Waals surface area contributed by atoms with Crippen molar-refractivity contribution in [2.75, 3.05) is 18.0 Å². The Kier molecular flexibility index (Phi) is 5.78. The van der Waals surface area contributed by atoms with E-state index in [9.17, 15) is 23.3 Å². The molecule has 138 valence electrons. The maximum Gasteiger partial charge on any atom is 0.305 e. The molecule has 0 saturated heterocycles. The van der Waals surface area contributed by atoms with Crippen LogP contribution in [0, 0.1) is 10.1 Å². The summed E-state index contributed by atoms with van der Waals surface area (Å²) in [7, 11) is -2.81. The van der Waals surface area contributed by atoms with Crippen LogP contribution in [-0.4, -0.2) is 38.1 Å². The number of nitrogens with zero attached hydrogens (tertiary/aromatic N) is 2. The van der Waals surface area contributed by atoms with Crippen LogP contribution in [0.4, 0.5) is 11.4 Å². The zero-order valence-electron chi connectivity index (χ0n) is 13.7. The number of anilines is 1. The van der Waals surface area contributed by atoms with Gasteiger partial charge in [0.05, 0.1) is 29.0 Å². The number of nitro groups is 1. The smallest absolute Gasteiger partial charge is 0.305 e. The second-order valence-electron chi connectivity index (χ2n) is 5.18. The molecule has 0 bridgehead atoms. The van der Waals surface area contributed by atoms with Crippen LogP contribution in [0.25, 0.3) is 0 Å². The van der Waals surface area contributed by atoms with Gasteiger partial charge in [0.2, 0.25) is 0 Å². The molecule has 10 heteroatoms. The van der Waals surface area contributed by atoms with Gasteiger partial charge in [-0.15, -0.1) is 0 Å². The number of benzene rings is 2. The minimum absolute atomic E-state index is 0.192. The van der Waals surface area contributed by atoms with E-state index in [0.717, 1.165) is 10.4 Å². The number of hydrogen-bond donors (Lipinski definition) is 1. The van der Waals surface area contributed by atoms with Crippen molar-refractivity contribution in [3.8, 4) is 5.75 Å². The molecular formula is C16H16N2O7S. The first-order valence-electron chi connectivity index (χ1n) is 7.39. The molecule has 0 amide bonds. The first-order chi connectivity index (χ1) is 12.3. The summed E-state index contributed by atoms with van der Waals surface area (Å²) in [6, 6.07) is 10.7. The predicted molar refractivity (Wildman–Crippen MR) is 92.9 cm³/mol. The monoisotopic (exact) mass is 380 g/mol. The Labute approximate surface area is 149 Å². The number of carboxylic acid groups (broad SMARTS) is 1. The molecule has 0 aromatic heterocycles. The van der Waals surface area contributed by atoms with Crippen LogP contribution in [0.2, 0.25) is 0 Å². The highest BCUT2D eigenvalue weighted by Crippen LogP contribution is 2.28. The van der Waals surface area contributed by atoms with E-state index in [1.165, 1.54) is 37.4 Å². The van der Waals surface area contributed by atoms with Gasteiger partial charge in [-0.1, -0.05) is 12.1 Å². The molecule has 0 heterocycles. The van der Waals surface area contributed by atoms with Gasteiger partial charge >= 0.3 is 5.97 Å². The van der Waals surface area contributed by atoms with Crippen LogP contribution in [0.5, 0.6) is 5.75 Å². The van der Waals surface area contributed by atoms with Gasteiger partial charge < -0.3 is 9.84 Å². The topological polar surface area (TPSA) is 127 Å². The van der Waals surface area contributed by atoms with Crippen molar-refractivity contribution in [3.63, 3.8) is 0 Å². The summed E-state index contributed by atoms with van der Waals surface area (Å²) in [6.07, 6.45) is -0.439. The van der Waals surface area contributed by atoms with E-state index in [2.05, 4.69) is 0 Å². The number of non-ortho nitro benzene ring substituents is 1. The quantitative estimate of drug-likeness (QED) is 0.550. The van der Waals surface area contributed by atoms with Crippen molar-refractivity contribution in [1.29, 1.82) is 0 Å². The largest absolute Gasteiger partial charge is 0.497 e. The summed E-state index contributed by atoms with van der Waals surface area (Å²) >= 11 is 0. The standard InChI is InChI=1S/C16H16N2O7S/c1-25-14-6-2-4-12(10-14)17(9-8-16(19)20)26(23,24)15-7-3-5-13(11-15)18(21)22/h2-7,10-11H,8-9H2,1H3,(H,19,20). The average molecular weight is 380 g/mol. The summed E-state index contributed by atoms with van der Waals surface area (Å²) in [4.78, 5) is 20.8. The highest BCUT2D eigenvalue weighted by molar-refractivity contribution is 7.92. The average Bonchev–Trinajstić information content (AvgIpc) is 2.61. The second-order valence-corrected chi connectivity index (χ2v) is 7.04. The van der Waals surface area contributed by atoms with Crippen molar-refractivity contribution in [1.82, 2.24) is 0 Å². The molecule has 0 saturated carbocycles. The van der Waals surface area contributed by atoms with E-state index in [0.29, 0.717) is 5.75 Å². The summed E-state index contributed by atoms with van der Waals surface area (Å²) in [5.41, 5.74) is -0.188. The molecule has 0 spiro atoms. The zero-order chi connectivity index (χ0) is 19.3. The highest BCUT2D eigenvalue weighted by atomic mass is 32.2. The molecule has 0 fully saturated rings. The third kappa shape index (κ3) is 4.28. The van der Waals surface area contributed by atoms with Crippen LogP contribution in [-0.2, 0) is 14.8 Å². The van der Waals surface area contributed by atoms with Crippen molar-refractivity contribution in [2.24, 2.45) is 0 Å². The molecule has 0 aliphatic heterocycles. The van der Waals surface area contributed by atoms with Gasteiger partial charge in [-0.3, -0.25) is 19.2 Å². The third-order valence-electron chi connectivity index (χ3n) is 3.49. The zero-order valence-corrected chi connectivity index (χ0v) is 14.5. The Morgan fingerprint density at radius 1 is 1.23 bits per heavy atom. The molecule has 9 nitrogen and oxygen atoms in total. The molecule has 0 aliphatic carbocycles. The Hall–Kier alpha value is -3.14. The van der Waals surface area contributed by atoms with Crippen molar-refractivity contribution >= 4 is 27.4 Å². The molecule has 2 aromatic rings. The van der Waals surface area contributed by atoms with Gasteiger partial charge in [-0.05, 0) is 18.2 Å². The number of aliphatic carboxylic acids is 1. The van der Waals surface area contributed by atoms with Gasteiger partial charge in [-0.25, -0.2) is 8.42 Å². The van der Waals surface area contributed by atoms with E-state index in [1.54, 1.807) is 12.1 Å². The maximum atomic E-state index is 13.0. The van der Waals surface area contributed by atoms with Gasteiger partial charge in [-0.2, -0.15) is 0 Å². The van der Waals surface area contributed by atoms with Crippen LogP contribution >= 0.6 is 0 Å². The number of ether oxygens (including phenoxy) is 1. The van der Waals surface area contributed by atoms with E-state index in [1.807, 2.05) is 0 Å². The minimum atomic E-state index is -4.22. The van der Waals surface area contributed by atoms with Crippen LogP contribution < -0.4 is 9.04 Å². The number of sulfonamides is 1. The molecule has 0 atom stereocenters. The molecular weight excluding hydrogens is 364 g/mol. The summed E-state index contributed by atoms with van der Waals surface area (Å²) in [5.74, 6) is -0.788. The van der Waals surface area contributed by atoms with Crippen LogP contribution in [0.3, 0.4) is 0 Å². The number of nitro benzene ring substituents is 1. The minimum Gasteiger partial charge on any atom is -0.497 e. The van der Waals surface area contributed by atoms with Crippen LogP contribution in [0.1, 0.15) is 6.42 Å². The van der Waals surface area contributed by atoms with E-state index < -0.39 is 27.3 Å². The lowest BCUT2D eigenvalue weighted by Gasteiger charge is -2.24. The Morgan fingerprint density at radius 3 is 2.54 bits per heavy atom. The number of methoxy groups -OCH3 is 1. The van der Waals surface area contributed by atoms with Gasteiger partial charge in [0.15, 0.2) is 0 Å². The molecule has 1 N–H and O–H groups in total. The Morgan fingerprint density at radius 2 is 1.92 bits per heavy atom. The van der Waals surface area contributed by atoms with E-state index >= 15 is 0 Å². The van der Waals surface area contributed by atoms with E-state index in [4.69, 9.17) is 9.84 Å². The molecule has 0 aliphatic rings. The number of carbonyl (C=O) groups is 1. The Bertz CT molecular complexity index is 928. The summed E-state index contributed by atoms with van der Waals surface area (Å²) < 4.78 is 31.9. The number of hydrogen-bond acceptors (Lipinski definition) is 6. The fourth-order valence-electron chi connectivity index (χ4n) is 2.24. The molecule has 2 aromatic carbocycles. The summed E-state index contributed by atoms with van der Waals surface area (Å²) in [6.45, 7) is -0.340. The molecule has 0 radical (unpaired) electrons. The molecule has 2 rings (SSSR count). The van der Waals surface area contributed by atoms with Crippen molar-refractivity contribution in [3.05, 3.63) is 58.6 Å². The maximum absolute atomic E-state index is 13.0. The van der Waals surface area contributed by atoms with Crippen LogP contribution in [0.15, 0.2) is 53.4 Å². The van der Waals surface area contributed by atoms with Crippen molar-refractivity contribution < 1.29 is 28.0 Å². The number of carboxylic acids is 1. The molecule has 26 heavy (non-hydrogen) atoms. The third-order valence-corrected chi connectivity index (χ3v) is 5.31. The highest BCUT2D eigenvalue weighted by Gasteiger charge is 2.27. The fraction of sp³-hybridized carbons (Fsp3) is 0.188.